The summed E-state index contributed by atoms with van der Waals surface area (Å²) in [7, 11) is -3.44. The lowest BCUT2D eigenvalue weighted by molar-refractivity contribution is -0.121. The summed E-state index contributed by atoms with van der Waals surface area (Å²) in [6.45, 7) is 9.00. The van der Waals surface area contributed by atoms with Gasteiger partial charge in [0.2, 0.25) is 15.9 Å². The first-order valence-corrected chi connectivity index (χ1v) is 11.9. The van der Waals surface area contributed by atoms with E-state index in [0.717, 1.165) is 12.0 Å². The van der Waals surface area contributed by atoms with Crippen LogP contribution in [0, 0.1) is 5.92 Å². The largest absolute Gasteiger partial charge is 0.352 e. The summed E-state index contributed by atoms with van der Waals surface area (Å²) in [5.41, 5.74) is 0.956. The fraction of sp³-hybridized carbons (Fsp3) is 0.667. The smallest absolute Gasteiger partial charge is 0.243 e. The monoisotopic (exact) mass is 409 g/mol. The summed E-state index contributed by atoms with van der Waals surface area (Å²) in [6.07, 6.45) is 4.67. The van der Waals surface area contributed by atoms with Crippen molar-refractivity contribution in [2.24, 2.45) is 5.92 Å². The molecule has 7 heteroatoms. The molecule has 1 amide bonds. The number of carbonyl (C=O) groups is 1. The Balaban J connectivity index is 1.90. The molecule has 28 heavy (non-hydrogen) atoms. The van der Waals surface area contributed by atoms with Crippen molar-refractivity contribution in [2.75, 3.05) is 19.6 Å². The predicted molar refractivity (Wildman–Crippen MR) is 113 cm³/mol. The van der Waals surface area contributed by atoms with E-state index in [1.807, 2.05) is 32.9 Å². The zero-order chi connectivity index (χ0) is 20.7. The summed E-state index contributed by atoms with van der Waals surface area (Å²) < 4.78 is 26.6. The molecule has 1 aliphatic rings. The van der Waals surface area contributed by atoms with Crippen molar-refractivity contribution in [3.8, 4) is 0 Å². The van der Waals surface area contributed by atoms with Crippen LogP contribution >= 0.6 is 0 Å². The molecule has 1 aromatic carbocycles. The Morgan fingerprint density at radius 3 is 2.32 bits per heavy atom. The number of hydrogen-bond acceptors (Lipinski definition) is 4. The Bertz CT molecular complexity index is 730. The fourth-order valence-corrected chi connectivity index (χ4v) is 5.25. The average Bonchev–Trinajstić information content (AvgIpc) is 2.68. The van der Waals surface area contributed by atoms with E-state index in [1.165, 1.54) is 23.6 Å². The Hall–Kier alpha value is -1.44. The Labute approximate surface area is 170 Å². The van der Waals surface area contributed by atoms with Crippen LogP contribution in [0.3, 0.4) is 0 Å². The Morgan fingerprint density at radius 1 is 1.14 bits per heavy atom. The lowest BCUT2D eigenvalue weighted by atomic mass is 9.86. The SMILES string of the molecule is CCN(CC)S(=O)(=O)c1ccc([C@@H](C)NCC(=O)N[C@@H]2CCCC[C@@H]2C)cc1. The lowest BCUT2D eigenvalue weighted by Crippen LogP contribution is -2.45. The van der Waals surface area contributed by atoms with Crippen LogP contribution in [0.15, 0.2) is 29.2 Å². The van der Waals surface area contributed by atoms with Gasteiger partial charge >= 0.3 is 0 Å². The van der Waals surface area contributed by atoms with Crippen LogP contribution in [-0.2, 0) is 14.8 Å². The normalized spacial score (nSPS) is 21.5. The van der Waals surface area contributed by atoms with Gasteiger partial charge < -0.3 is 10.6 Å². The number of amides is 1. The molecular formula is C21H35N3O3S. The van der Waals surface area contributed by atoms with Crippen molar-refractivity contribution in [3.05, 3.63) is 29.8 Å². The van der Waals surface area contributed by atoms with Gasteiger partial charge in [0.25, 0.3) is 0 Å². The van der Waals surface area contributed by atoms with Crippen molar-refractivity contribution < 1.29 is 13.2 Å². The highest BCUT2D eigenvalue weighted by molar-refractivity contribution is 7.89. The van der Waals surface area contributed by atoms with E-state index in [-0.39, 0.29) is 24.5 Å². The van der Waals surface area contributed by atoms with Crippen LogP contribution in [0.25, 0.3) is 0 Å². The number of rotatable bonds is 9. The molecule has 6 nitrogen and oxygen atoms in total. The van der Waals surface area contributed by atoms with Gasteiger partial charge in [0.05, 0.1) is 11.4 Å². The maximum atomic E-state index is 12.6. The van der Waals surface area contributed by atoms with E-state index in [9.17, 15) is 13.2 Å². The molecule has 0 unspecified atom stereocenters. The third kappa shape index (κ3) is 5.78. The number of nitrogens with zero attached hydrogens (tertiary/aromatic N) is 1. The summed E-state index contributed by atoms with van der Waals surface area (Å²) in [6, 6.07) is 7.16. The topological polar surface area (TPSA) is 78.5 Å². The first-order valence-electron chi connectivity index (χ1n) is 10.4. The van der Waals surface area contributed by atoms with Crippen molar-refractivity contribution in [3.63, 3.8) is 0 Å². The van der Waals surface area contributed by atoms with Gasteiger partial charge in [-0.25, -0.2) is 8.42 Å². The van der Waals surface area contributed by atoms with Crippen LogP contribution in [0.2, 0.25) is 0 Å². The third-order valence-corrected chi connectivity index (χ3v) is 7.81. The van der Waals surface area contributed by atoms with E-state index in [1.54, 1.807) is 12.1 Å². The van der Waals surface area contributed by atoms with E-state index >= 15 is 0 Å². The minimum atomic E-state index is -3.44. The second-order valence-electron chi connectivity index (χ2n) is 7.70. The minimum Gasteiger partial charge on any atom is -0.352 e. The molecule has 1 saturated carbocycles. The summed E-state index contributed by atoms with van der Waals surface area (Å²) in [5, 5.41) is 6.38. The second-order valence-corrected chi connectivity index (χ2v) is 9.63. The molecule has 3 atom stereocenters. The van der Waals surface area contributed by atoms with Crippen molar-refractivity contribution in [2.45, 2.75) is 70.4 Å². The Morgan fingerprint density at radius 2 is 1.75 bits per heavy atom. The number of hydrogen-bond donors (Lipinski definition) is 2. The summed E-state index contributed by atoms with van der Waals surface area (Å²) >= 11 is 0. The van der Waals surface area contributed by atoms with Crippen LogP contribution in [0.4, 0.5) is 0 Å². The maximum absolute atomic E-state index is 12.6. The molecule has 1 aromatic rings. The van der Waals surface area contributed by atoms with Gasteiger partial charge in [-0.15, -0.1) is 0 Å². The standard InChI is InChI=1S/C21H35N3O3S/c1-5-24(6-2)28(26,27)19-13-11-18(12-14-19)17(4)22-15-21(25)23-20-10-8-7-9-16(20)3/h11-14,16-17,20,22H,5-10,15H2,1-4H3,(H,23,25)/t16-,17+,20+/m0/s1. The van der Waals surface area contributed by atoms with Crippen molar-refractivity contribution in [1.82, 2.24) is 14.9 Å². The van der Waals surface area contributed by atoms with Gasteiger partial charge in [-0.05, 0) is 43.4 Å². The highest BCUT2D eigenvalue weighted by atomic mass is 32.2. The van der Waals surface area contributed by atoms with Crippen LogP contribution in [-0.4, -0.2) is 44.3 Å². The van der Waals surface area contributed by atoms with Crippen LogP contribution in [0.5, 0.6) is 0 Å². The van der Waals surface area contributed by atoms with Gasteiger partial charge in [-0.1, -0.05) is 45.7 Å². The third-order valence-electron chi connectivity index (χ3n) is 5.75. The molecule has 158 valence electrons. The predicted octanol–water partition coefficient (Wildman–Crippen LogP) is 3.06. The van der Waals surface area contributed by atoms with Crippen molar-refractivity contribution >= 4 is 15.9 Å². The quantitative estimate of drug-likeness (QED) is 0.657. The van der Waals surface area contributed by atoms with Crippen LogP contribution in [0.1, 0.15) is 65.0 Å². The summed E-state index contributed by atoms with van der Waals surface area (Å²) in [5.74, 6) is 0.557. The molecule has 2 rings (SSSR count). The summed E-state index contributed by atoms with van der Waals surface area (Å²) in [4.78, 5) is 12.6. The maximum Gasteiger partial charge on any atom is 0.243 e. The molecule has 0 aliphatic heterocycles. The molecule has 1 fully saturated rings. The molecule has 0 aromatic heterocycles. The number of benzene rings is 1. The molecule has 2 N–H and O–H groups in total. The second kappa shape index (κ2) is 10.4. The van der Waals surface area contributed by atoms with Gasteiger partial charge in [0, 0.05) is 25.2 Å². The molecule has 0 bridgehead atoms. The van der Waals surface area contributed by atoms with Gasteiger partial charge in [-0.2, -0.15) is 4.31 Å². The average molecular weight is 410 g/mol. The van der Waals surface area contributed by atoms with Gasteiger partial charge in [-0.3, -0.25) is 4.79 Å². The van der Waals surface area contributed by atoms with Gasteiger partial charge in [0.1, 0.15) is 0 Å². The lowest BCUT2D eigenvalue weighted by Gasteiger charge is -2.29. The number of sulfonamides is 1. The zero-order valence-corrected chi connectivity index (χ0v) is 18.4. The molecule has 0 saturated heterocycles. The molecular weight excluding hydrogens is 374 g/mol. The minimum absolute atomic E-state index is 0.0198. The first kappa shape index (κ1) is 22.8. The van der Waals surface area contributed by atoms with E-state index in [4.69, 9.17) is 0 Å². The number of nitrogens with one attached hydrogen (secondary N) is 2. The zero-order valence-electron chi connectivity index (χ0n) is 17.6. The molecule has 0 heterocycles. The van der Waals surface area contributed by atoms with Gasteiger partial charge in [0.15, 0.2) is 0 Å². The Kier molecular flexibility index (Phi) is 8.46. The van der Waals surface area contributed by atoms with Crippen molar-refractivity contribution in [1.29, 1.82) is 0 Å². The van der Waals surface area contributed by atoms with Crippen LogP contribution < -0.4 is 10.6 Å². The number of carbonyl (C=O) groups excluding carboxylic acids is 1. The van der Waals surface area contributed by atoms with E-state index in [2.05, 4.69) is 17.6 Å². The molecule has 1 aliphatic carbocycles. The first-order chi connectivity index (χ1) is 13.3. The fourth-order valence-electron chi connectivity index (χ4n) is 3.79. The highest BCUT2D eigenvalue weighted by Gasteiger charge is 2.23. The highest BCUT2D eigenvalue weighted by Crippen LogP contribution is 2.23. The van der Waals surface area contributed by atoms with E-state index < -0.39 is 10.0 Å². The molecule has 0 spiro atoms. The molecule has 0 radical (unpaired) electrons. The van der Waals surface area contributed by atoms with E-state index in [0.29, 0.717) is 23.9 Å².